The van der Waals surface area contributed by atoms with Crippen LogP contribution >= 0.6 is 0 Å². The Kier molecular flexibility index (Phi) is 11.2. The first-order valence-corrected chi connectivity index (χ1v) is 14.3. The highest BCUT2D eigenvalue weighted by atomic mass is 32.2. The molecule has 0 aromatic heterocycles. The number of aryl methyl sites for hydroxylation is 1. The Bertz CT molecular complexity index is 1100. The van der Waals surface area contributed by atoms with Gasteiger partial charge in [-0.25, -0.2) is 8.42 Å². The molecule has 0 heterocycles. The van der Waals surface area contributed by atoms with Gasteiger partial charge in [0.25, 0.3) is 0 Å². The Hall–Kier alpha value is -3.07. The smallest absolute Gasteiger partial charge is 0.242 e. The Morgan fingerprint density at radius 3 is 2.28 bits per heavy atom. The van der Waals surface area contributed by atoms with E-state index in [1.165, 1.54) is 10.6 Å². The minimum atomic E-state index is -3.52. The van der Waals surface area contributed by atoms with E-state index in [4.69, 9.17) is 4.74 Å². The van der Waals surface area contributed by atoms with Crippen LogP contribution in [0.5, 0.6) is 5.75 Å². The van der Waals surface area contributed by atoms with Gasteiger partial charge in [-0.05, 0) is 61.6 Å². The van der Waals surface area contributed by atoms with Gasteiger partial charge in [0.15, 0.2) is 0 Å². The highest BCUT2D eigenvalue weighted by molar-refractivity contribution is 7.92. The number of sulfonamides is 1. The third kappa shape index (κ3) is 8.26. The summed E-state index contributed by atoms with van der Waals surface area (Å²) in [5.41, 5.74) is 2.54. The molecule has 8 nitrogen and oxygen atoms in total. The predicted molar refractivity (Wildman–Crippen MR) is 144 cm³/mol. The van der Waals surface area contributed by atoms with E-state index in [9.17, 15) is 18.0 Å². The normalized spacial score (nSPS) is 12.0. The van der Waals surface area contributed by atoms with Crippen molar-refractivity contribution in [1.82, 2.24) is 10.2 Å². The fourth-order valence-electron chi connectivity index (χ4n) is 4.08. The summed E-state index contributed by atoms with van der Waals surface area (Å²) in [6.45, 7) is 6.64. The number of hydrogen-bond acceptors (Lipinski definition) is 5. The zero-order valence-corrected chi connectivity index (χ0v) is 22.8. The van der Waals surface area contributed by atoms with Gasteiger partial charge in [-0.2, -0.15) is 0 Å². The molecule has 2 rings (SSSR count). The molecule has 2 aromatic rings. The van der Waals surface area contributed by atoms with Gasteiger partial charge in [0, 0.05) is 26.1 Å². The second kappa shape index (κ2) is 13.9. The first kappa shape index (κ1) is 29.2. The van der Waals surface area contributed by atoms with Crippen LogP contribution in [0.15, 0.2) is 48.5 Å². The molecule has 1 atom stereocenters. The highest BCUT2D eigenvalue weighted by Gasteiger charge is 2.28. The van der Waals surface area contributed by atoms with E-state index in [-0.39, 0.29) is 31.3 Å². The van der Waals surface area contributed by atoms with E-state index in [1.54, 1.807) is 24.1 Å². The lowest BCUT2D eigenvalue weighted by Gasteiger charge is -2.31. The zero-order chi connectivity index (χ0) is 26.7. The Morgan fingerprint density at radius 1 is 1.03 bits per heavy atom. The van der Waals surface area contributed by atoms with Crippen molar-refractivity contribution in [3.05, 3.63) is 59.7 Å². The minimum absolute atomic E-state index is 0.110. The number of anilines is 1. The molecule has 1 N–H and O–H groups in total. The summed E-state index contributed by atoms with van der Waals surface area (Å²) in [5.74, 6) is 0.263. The predicted octanol–water partition coefficient (Wildman–Crippen LogP) is 3.75. The van der Waals surface area contributed by atoms with E-state index in [2.05, 4.69) is 5.32 Å². The number of nitrogens with zero attached hydrogens (tertiary/aromatic N) is 2. The molecule has 0 aliphatic rings. The number of nitrogens with one attached hydrogen (secondary N) is 1. The summed E-state index contributed by atoms with van der Waals surface area (Å²) in [6.07, 6.45) is 2.92. The summed E-state index contributed by atoms with van der Waals surface area (Å²) in [7, 11) is -1.95. The van der Waals surface area contributed by atoms with Crippen LogP contribution in [0.2, 0.25) is 0 Å². The van der Waals surface area contributed by atoms with Crippen LogP contribution in [0.3, 0.4) is 0 Å². The van der Waals surface area contributed by atoms with Gasteiger partial charge in [0.2, 0.25) is 21.8 Å². The third-order valence-electron chi connectivity index (χ3n) is 6.01. The SMILES string of the molecule is CCNC(=O)[C@@H](CC)N(Cc1cccc(OC)c1)C(=O)CCCN(c1ccc(CC)cc1)S(C)(=O)=O. The van der Waals surface area contributed by atoms with Crippen LogP contribution in [-0.2, 0) is 32.6 Å². The van der Waals surface area contributed by atoms with E-state index in [0.717, 1.165) is 17.5 Å². The molecule has 198 valence electrons. The maximum absolute atomic E-state index is 13.4. The quantitative estimate of drug-likeness (QED) is 0.412. The molecule has 0 saturated heterocycles. The number of benzene rings is 2. The third-order valence-corrected chi connectivity index (χ3v) is 7.20. The molecule has 2 aromatic carbocycles. The molecule has 0 unspecified atom stereocenters. The van der Waals surface area contributed by atoms with Crippen LogP contribution in [-0.4, -0.2) is 57.6 Å². The molecule has 0 fully saturated rings. The fraction of sp³-hybridized carbons (Fsp3) is 0.481. The van der Waals surface area contributed by atoms with Crippen molar-refractivity contribution in [2.45, 2.75) is 59.0 Å². The van der Waals surface area contributed by atoms with Gasteiger partial charge in [-0.3, -0.25) is 13.9 Å². The lowest BCUT2D eigenvalue weighted by molar-refractivity contribution is -0.141. The number of methoxy groups -OCH3 is 1. The second-order valence-electron chi connectivity index (χ2n) is 8.65. The van der Waals surface area contributed by atoms with E-state index < -0.39 is 16.1 Å². The number of carbonyl (C=O) groups excluding carboxylic acids is 2. The van der Waals surface area contributed by atoms with Gasteiger partial charge in [0.1, 0.15) is 11.8 Å². The molecule has 0 aliphatic heterocycles. The molecule has 0 bridgehead atoms. The van der Waals surface area contributed by atoms with Crippen molar-refractivity contribution in [2.75, 3.05) is 30.8 Å². The molecular weight excluding hydrogens is 478 g/mol. The highest BCUT2D eigenvalue weighted by Crippen LogP contribution is 2.21. The van der Waals surface area contributed by atoms with Crippen molar-refractivity contribution in [3.8, 4) is 5.75 Å². The largest absolute Gasteiger partial charge is 0.497 e. The molecular formula is C27H39N3O5S. The summed E-state index contributed by atoms with van der Waals surface area (Å²) < 4.78 is 31.6. The summed E-state index contributed by atoms with van der Waals surface area (Å²) in [4.78, 5) is 27.8. The summed E-state index contributed by atoms with van der Waals surface area (Å²) in [6, 6.07) is 14.2. The van der Waals surface area contributed by atoms with Crippen molar-refractivity contribution in [1.29, 1.82) is 0 Å². The van der Waals surface area contributed by atoms with Crippen molar-refractivity contribution in [2.24, 2.45) is 0 Å². The van der Waals surface area contributed by atoms with Gasteiger partial charge in [-0.1, -0.05) is 38.1 Å². The van der Waals surface area contributed by atoms with Crippen LogP contribution in [0.25, 0.3) is 0 Å². The maximum Gasteiger partial charge on any atom is 0.242 e. The molecule has 2 amide bonds. The van der Waals surface area contributed by atoms with Crippen LogP contribution in [0, 0.1) is 0 Å². The lowest BCUT2D eigenvalue weighted by Crippen LogP contribution is -2.49. The Labute approximate surface area is 215 Å². The van der Waals surface area contributed by atoms with Crippen LogP contribution < -0.4 is 14.4 Å². The first-order valence-electron chi connectivity index (χ1n) is 12.4. The summed E-state index contributed by atoms with van der Waals surface area (Å²) in [5, 5.41) is 2.82. The monoisotopic (exact) mass is 517 g/mol. The fourth-order valence-corrected chi connectivity index (χ4v) is 5.05. The van der Waals surface area contributed by atoms with Crippen LogP contribution in [0.1, 0.15) is 51.2 Å². The van der Waals surface area contributed by atoms with E-state index in [1.807, 2.05) is 57.2 Å². The van der Waals surface area contributed by atoms with Gasteiger partial charge in [-0.15, -0.1) is 0 Å². The molecule has 36 heavy (non-hydrogen) atoms. The standard InChI is InChI=1S/C27H39N3O5S/c1-6-21-14-16-23(17-15-21)30(36(5,33)34)18-10-13-26(31)29(25(7-2)27(32)28-8-3)20-22-11-9-12-24(19-22)35-4/h9,11-12,14-17,19,25H,6-8,10,13,18,20H2,1-5H3,(H,28,32)/t25-/m1/s1. The second-order valence-corrected chi connectivity index (χ2v) is 10.6. The van der Waals surface area contributed by atoms with E-state index >= 15 is 0 Å². The molecule has 0 aliphatic carbocycles. The van der Waals surface area contributed by atoms with E-state index in [0.29, 0.717) is 30.8 Å². The molecule has 0 radical (unpaired) electrons. The lowest BCUT2D eigenvalue weighted by atomic mass is 10.1. The number of likely N-dealkylation sites (N-methyl/N-ethyl adjacent to an activating group) is 1. The van der Waals surface area contributed by atoms with Gasteiger partial charge in [0.05, 0.1) is 19.1 Å². The first-order chi connectivity index (χ1) is 17.1. The number of rotatable bonds is 14. The summed E-state index contributed by atoms with van der Waals surface area (Å²) >= 11 is 0. The number of ether oxygens (including phenoxy) is 1. The van der Waals surface area contributed by atoms with Crippen LogP contribution in [0.4, 0.5) is 5.69 Å². The molecule has 0 spiro atoms. The molecule has 9 heteroatoms. The van der Waals surface area contributed by atoms with Crippen molar-refractivity contribution >= 4 is 27.5 Å². The number of hydrogen-bond donors (Lipinski definition) is 1. The van der Waals surface area contributed by atoms with Gasteiger partial charge >= 0.3 is 0 Å². The zero-order valence-electron chi connectivity index (χ0n) is 22.0. The van der Waals surface area contributed by atoms with Gasteiger partial charge < -0.3 is 15.0 Å². The number of carbonyl (C=O) groups is 2. The average Bonchev–Trinajstić information content (AvgIpc) is 2.86. The number of amides is 2. The Morgan fingerprint density at radius 2 is 1.72 bits per heavy atom. The Balaban J connectivity index is 2.21. The van der Waals surface area contributed by atoms with Crippen molar-refractivity contribution < 1.29 is 22.7 Å². The average molecular weight is 518 g/mol. The molecule has 0 saturated carbocycles. The minimum Gasteiger partial charge on any atom is -0.497 e. The maximum atomic E-state index is 13.4. The van der Waals surface area contributed by atoms with Crippen molar-refractivity contribution in [3.63, 3.8) is 0 Å². The topological polar surface area (TPSA) is 96.0 Å².